The van der Waals surface area contributed by atoms with Crippen LogP contribution in [0.5, 0.6) is 0 Å². The van der Waals surface area contributed by atoms with Crippen molar-refractivity contribution in [3.63, 3.8) is 0 Å². The highest BCUT2D eigenvalue weighted by Gasteiger charge is 2.38. The molecule has 2 unspecified atom stereocenters. The van der Waals surface area contributed by atoms with Crippen molar-refractivity contribution in [1.29, 1.82) is 0 Å². The van der Waals surface area contributed by atoms with E-state index in [1.165, 1.54) is 0 Å². The molecule has 0 aliphatic carbocycles. The summed E-state index contributed by atoms with van der Waals surface area (Å²) in [5.74, 6) is 0. The highest BCUT2D eigenvalue weighted by Crippen LogP contribution is 2.29. The van der Waals surface area contributed by atoms with Gasteiger partial charge in [-0.15, -0.1) is 0 Å². The molecule has 0 aromatic carbocycles. The number of ether oxygens (including phenoxy) is 1. The number of rotatable bonds is 5. The fourth-order valence-corrected chi connectivity index (χ4v) is 3.55. The van der Waals surface area contributed by atoms with E-state index in [-0.39, 0.29) is 5.54 Å². The van der Waals surface area contributed by atoms with E-state index in [0.717, 1.165) is 48.6 Å². The Bertz CT molecular complexity index is 486. The lowest BCUT2D eigenvalue weighted by Crippen LogP contribution is -2.58. The van der Waals surface area contributed by atoms with Gasteiger partial charge in [-0.25, -0.2) is 0 Å². The monoisotopic (exact) mass is 359 g/mol. The lowest BCUT2D eigenvalue weighted by atomic mass is 9.86. The molecule has 0 amide bonds. The molecule has 1 aromatic heterocycles. The number of hydrogen-bond acceptors (Lipinski definition) is 4. The first-order valence-corrected chi connectivity index (χ1v) is 8.38. The summed E-state index contributed by atoms with van der Waals surface area (Å²) in [6.07, 6.45) is 1.06. The van der Waals surface area contributed by atoms with E-state index in [0.29, 0.717) is 6.42 Å². The molecule has 2 rings (SSSR count). The second-order valence-corrected chi connectivity index (χ2v) is 6.79. The third-order valence-electron chi connectivity index (χ3n) is 4.82. The molecule has 1 aliphatic rings. The molecule has 1 aromatic rings. The van der Waals surface area contributed by atoms with Gasteiger partial charge in [0.2, 0.25) is 0 Å². The molecule has 120 valence electrons. The summed E-state index contributed by atoms with van der Waals surface area (Å²) in [6, 6.07) is 0. The summed E-state index contributed by atoms with van der Waals surface area (Å²) in [5.41, 5.74) is 1.78. The lowest BCUT2D eigenvalue weighted by molar-refractivity contribution is -0.0719. The predicted octanol–water partition coefficient (Wildman–Crippen LogP) is 1.90. The molecular weight excluding hydrogens is 334 g/mol. The molecule has 1 N–H and O–H groups in total. The third kappa shape index (κ3) is 3.33. The van der Waals surface area contributed by atoms with Gasteiger partial charge < -0.3 is 9.84 Å². The first-order valence-electron chi connectivity index (χ1n) is 7.59. The minimum Gasteiger partial charge on any atom is -0.391 e. The van der Waals surface area contributed by atoms with Crippen molar-refractivity contribution in [2.75, 3.05) is 26.3 Å². The fourth-order valence-electron chi connectivity index (χ4n) is 3.05. The molecule has 0 bridgehead atoms. The van der Waals surface area contributed by atoms with Crippen molar-refractivity contribution in [2.24, 2.45) is 7.05 Å². The van der Waals surface area contributed by atoms with Crippen molar-refractivity contribution in [2.45, 2.75) is 45.3 Å². The minimum absolute atomic E-state index is 0.235. The SMILES string of the molecule is CCC(C)(C(O)Cc1c(Br)c(C)nn1C)N1CCOCC1. The van der Waals surface area contributed by atoms with Crippen molar-refractivity contribution in [3.05, 3.63) is 15.9 Å². The number of aromatic nitrogens is 2. The Kier molecular flexibility index (Phi) is 5.46. The van der Waals surface area contributed by atoms with Crippen LogP contribution in [0, 0.1) is 6.92 Å². The molecule has 0 radical (unpaired) electrons. The van der Waals surface area contributed by atoms with Crippen LogP contribution in [-0.2, 0) is 18.2 Å². The van der Waals surface area contributed by atoms with Crippen LogP contribution in [0.3, 0.4) is 0 Å². The quantitative estimate of drug-likeness (QED) is 0.872. The van der Waals surface area contributed by atoms with Crippen LogP contribution >= 0.6 is 15.9 Å². The van der Waals surface area contributed by atoms with Crippen LogP contribution in [0.15, 0.2) is 4.47 Å². The number of nitrogens with zero attached hydrogens (tertiary/aromatic N) is 3. The first kappa shape index (κ1) is 16.9. The Morgan fingerprint density at radius 1 is 1.43 bits per heavy atom. The van der Waals surface area contributed by atoms with E-state index >= 15 is 0 Å². The largest absolute Gasteiger partial charge is 0.391 e. The number of aliphatic hydroxyl groups excluding tert-OH is 1. The van der Waals surface area contributed by atoms with Gasteiger partial charge in [0.05, 0.1) is 35.2 Å². The van der Waals surface area contributed by atoms with Gasteiger partial charge in [-0.05, 0) is 36.2 Å². The molecule has 1 fully saturated rings. The fraction of sp³-hybridized carbons (Fsp3) is 0.800. The summed E-state index contributed by atoms with van der Waals surface area (Å²) in [4.78, 5) is 2.36. The number of hydrogen-bond donors (Lipinski definition) is 1. The van der Waals surface area contributed by atoms with Crippen molar-refractivity contribution < 1.29 is 9.84 Å². The Morgan fingerprint density at radius 2 is 2.05 bits per heavy atom. The number of aliphatic hydroxyl groups is 1. The number of aryl methyl sites for hydroxylation is 2. The molecule has 1 aliphatic heterocycles. The van der Waals surface area contributed by atoms with Crippen molar-refractivity contribution in [1.82, 2.24) is 14.7 Å². The van der Waals surface area contributed by atoms with Crippen molar-refractivity contribution >= 4 is 15.9 Å². The normalized spacial score (nSPS) is 21.2. The Morgan fingerprint density at radius 3 is 2.52 bits per heavy atom. The summed E-state index contributed by atoms with van der Waals surface area (Å²) in [5, 5.41) is 15.3. The average Bonchev–Trinajstić information content (AvgIpc) is 2.73. The molecule has 1 saturated heterocycles. The van der Waals surface area contributed by atoms with Crippen LogP contribution in [0.2, 0.25) is 0 Å². The van der Waals surface area contributed by atoms with E-state index in [9.17, 15) is 5.11 Å². The van der Waals surface area contributed by atoms with Crippen LogP contribution in [-0.4, -0.2) is 57.7 Å². The minimum atomic E-state index is -0.438. The first-order chi connectivity index (χ1) is 9.90. The lowest BCUT2D eigenvalue weighted by Gasteiger charge is -2.45. The van der Waals surface area contributed by atoms with E-state index < -0.39 is 6.10 Å². The maximum atomic E-state index is 10.9. The van der Waals surface area contributed by atoms with E-state index in [4.69, 9.17) is 4.74 Å². The van der Waals surface area contributed by atoms with Crippen LogP contribution in [0.1, 0.15) is 31.7 Å². The smallest absolute Gasteiger partial charge is 0.0776 e. The summed E-state index contributed by atoms with van der Waals surface area (Å²) < 4.78 is 8.30. The number of halogens is 1. The second kappa shape index (κ2) is 6.77. The number of morpholine rings is 1. The molecule has 5 nitrogen and oxygen atoms in total. The summed E-state index contributed by atoms with van der Waals surface area (Å²) >= 11 is 3.59. The van der Waals surface area contributed by atoms with Gasteiger partial charge in [0.1, 0.15) is 0 Å². The average molecular weight is 360 g/mol. The zero-order valence-electron chi connectivity index (χ0n) is 13.4. The van der Waals surface area contributed by atoms with E-state index in [1.807, 2.05) is 18.7 Å². The topological polar surface area (TPSA) is 50.5 Å². The van der Waals surface area contributed by atoms with Gasteiger partial charge in [-0.2, -0.15) is 5.10 Å². The summed E-state index contributed by atoms with van der Waals surface area (Å²) in [7, 11) is 1.93. The van der Waals surface area contributed by atoms with Gasteiger partial charge in [0, 0.05) is 32.1 Å². The molecule has 0 saturated carbocycles. The van der Waals surface area contributed by atoms with Crippen LogP contribution < -0.4 is 0 Å². The zero-order chi connectivity index (χ0) is 15.6. The van der Waals surface area contributed by atoms with E-state index in [2.05, 4.69) is 39.8 Å². The Hall–Kier alpha value is -0.430. The van der Waals surface area contributed by atoms with E-state index in [1.54, 1.807) is 0 Å². The highest BCUT2D eigenvalue weighted by molar-refractivity contribution is 9.10. The Labute approximate surface area is 135 Å². The molecule has 0 spiro atoms. The highest BCUT2D eigenvalue weighted by atomic mass is 79.9. The zero-order valence-corrected chi connectivity index (χ0v) is 15.0. The van der Waals surface area contributed by atoms with Crippen LogP contribution in [0.25, 0.3) is 0 Å². The molecule has 2 atom stereocenters. The maximum absolute atomic E-state index is 10.9. The molecule has 2 heterocycles. The van der Waals surface area contributed by atoms with Gasteiger partial charge in [-0.1, -0.05) is 6.92 Å². The van der Waals surface area contributed by atoms with Gasteiger partial charge in [0.25, 0.3) is 0 Å². The van der Waals surface area contributed by atoms with Crippen LogP contribution in [0.4, 0.5) is 0 Å². The van der Waals surface area contributed by atoms with Gasteiger partial charge in [-0.3, -0.25) is 9.58 Å². The maximum Gasteiger partial charge on any atom is 0.0776 e. The van der Waals surface area contributed by atoms with Gasteiger partial charge in [0.15, 0.2) is 0 Å². The van der Waals surface area contributed by atoms with Crippen molar-refractivity contribution in [3.8, 4) is 0 Å². The van der Waals surface area contributed by atoms with Gasteiger partial charge >= 0.3 is 0 Å². The second-order valence-electron chi connectivity index (χ2n) is 6.00. The molecular formula is C15H26BrN3O2. The third-order valence-corrected chi connectivity index (χ3v) is 5.85. The molecule has 21 heavy (non-hydrogen) atoms. The predicted molar refractivity (Wildman–Crippen MR) is 86.4 cm³/mol. The Balaban J connectivity index is 2.17. The molecule has 6 heteroatoms. The standard InChI is InChI=1S/C15H26BrN3O2/c1-5-15(3,19-6-8-21-9-7-19)13(20)10-12-14(16)11(2)17-18(12)4/h13,20H,5-10H2,1-4H3. The summed E-state index contributed by atoms with van der Waals surface area (Å²) in [6.45, 7) is 9.52.